The molecule has 0 spiro atoms. The first-order valence-electron chi connectivity index (χ1n) is 12.6. The van der Waals surface area contributed by atoms with Crippen molar-refractivity contribution in [2.24, 2.45) is 5.92 Å². The van der Waals surface area contributed by atoms with Gasteiger partial charge < -0.3 is 14.9 Å². The van der Waals surface area contributed by atoms with Crippen molar-refractivity contribution in [1.29, 1.82) is 5.26 Å². The predicted octanol–water partition coefficient (Wildman–Crippen LogP) is 4.78. The lowest BCUT2D eigenvalue weighted by atomic mass is 10.0. The van der Waals surface area contributed by atoms with Crippen molar-refractivity contribution in [2.45, 2.75) is 13.3 Å². The SMILES string of the molecule is CCc1nc2ccc(-c3cnc(N4CC(C(=O)O)C4)nc3)cn2c1N(C)c1nc(-c2ccc(F)cc2)c(C#N)s1. The van der Waals surface area contributed by atoms with Crippen LogP contribution in [0.3, 0.4) is 0 Å². The Morgan fingerprint density at radius 1 is 1.12 bits per heavy atom. The molecule has 10 nitrogen and oxygen atoms in total. The molecule has 0 amide bonds. The Hall–Kier alpha value is -4.89. The fourth-order valence-corrected chi connectivity index (χ4v) is 5.55. The molecule has 5 heterocycles. The number of benzene rings is 1. The van der Waals surface area contributed by atoms with Crippen LogP contribution < -0.4 is 9.80 Å². The molecule has 1 N–H and O–H groups in total. The lowest BCUT2D eigenvalue weighted by molar-refractivity contribution is -0.142. The van der Waals surface area contributed by atoms with E-state index in [0.717, 1.165) is 28.3 Å². The highest BCUT2D eigenvalue weighted by Crippen LogP contribution is 2.37. The molecule has 1 aliphatic heterocycles. The number of anilines is 3. The number of rotatable bonds is 7. The summed E-state index contributed by atoms with van der Waals surface area (Å²) in [5.74, 6) is -0.212. The number of carboxylic acids is 1. The number of imidazole rings is 1. The number of aromatic nitrogens is 5. The third kappa shape index (κ3) is 4.40. The zero-order valence-electron chi connectivity index (χ0n) is 21.6. The quantitative estimate of drug-likeness (QED) is 0.303. The molecule has 0 aliphatic carbocycles. The third-order valence-electron chi connectivity index (χ3n) is 6.92. The molecule has 1 aliphatic rings. The summed E-state index contributed by atoms with van der Waals surface area (Å²) in [7, 11) is 1.89. The number of hydrogen-bond acceptors (Lipinski definition) is 9. The van der Waals surface area contributed by atoms with Crippen LogP contribution in [-0.2, 0) is 11.2 Å². The lowest BCUT2D eigenvalue weighted by Gasteiger charge is -2.36. The number of nitriles is 1. The summed E-state index contributed by atoms with van der Waals surface area (Å²) in [5, 5.41) is 19.5. The van der Waals surface area contributed by atoms with E-state index in [0.29, 0.717) is 46.7 Å². The van der Waals surface area contributed by atoms with Crippen LogP contribution in [0.25, 0.3) is 28.0 Å². The Kier molecular flexibility index (Phi) is 6.36. The summed E-state index contributed by atoms with van der Waals surface area (Å²) in [6, 6.07) is 12.1. The summed E-state index contributed by atoms with van der Waals surface area (Å²) < 4.78 is 15.5. The van der Waals surface area contributed by atoms with Gasteiger partial charge in [-0.25, -0.2) is 24.3 Å². The van der Waals surface area contributed by atoms with E-state index in [2.05, 4.69) is 16.0 Å². The number of aliphatic carboxylic acids is 1. The minimum atomic E-state index is -0.804. The molecule has 1 saturated heterocycles. The Bertz CT molecular complexity index is 1770. The molecule has 6 rings (SSSR count). The van der Waals surface area contributed by atoms with E-state index in [-0.39, 0.29) is 11.7 Å². The van der Waals surface area contributed by atoms with Crippen molar-refractivity contribution in [3.05, 3.63) is 71.4 Å². The fraction of sp³-hybridized carbons (Fsp3) is 0.214. The Morgan fingerprint density at radius 2 is 1.82 bits per heavy atom. The van der Waals surface area contributed by atoms with Crippen LogP contribution >= 0.6 is 11.3 Å². The van der Waals surface area contributed by atoms with E-state index in [9.17, 15) is 14.4 Å². The van der Waals surface area contributed by atoms with Gasteiger partial charge in [0.05, 0.1) is 11.6 Å². The molecule has 1 fully saturated rings. The number of halogens is 1. The van der Waals surface area contributed by atoms with Crippen LogP contribution in [0.1, 0.15) is 17.5 Å². The molecule has 0 bridgehead atoms. The second-order valence-corrected chi connectivity index (χ2v) is 10.4. The minimum Gasteiger partial charge on any atom is -0.481 e. The topological polar surface area (TPSA) is 124 Å². The van der Waals surface area contributed by atoms with Crippen LogP contribution in [0.2, 0.25) is 0 Å². The van der Waals surface area contributed by atoms with E-state index in [1.165, 1.54) is 23.5 Å². The first-order valence-corrected chi connectivity index (χ1v) is 13.4. The Balaban J connectivity index is 1.34. The number of nitrogens with zero attached hydrogens (tertiary/aromatic N) is 8. The maximum absolute atomic E-state index is 13.5. The number of carboxylic acid groups (broad SMARTS) is 1. The van der Waals surface area contributed by atoms with Crippen molar-refractivity contribution in [3.8, 4) is 28.5 Å². The fourth-order valence-electron chi connectivity index (χ4n) is 4.70. The smallest absolute Gasteiger partial charge is 0.310 e. The number of pyridine rings is 1. The standard InChI is InChI=1S/C28H23FN8O2S/c1-3-21-25(35(2)28-34-24(22(10-30)40-28)16-4-7-20(29)8-5-16)37-15-17(6-9-23(37)33-21)18-11-31-27(32-12-18)36-13-19(14-36)26(38)39/h4-9,11-12,15,19H,3,13-14H2,1-2H3,(H,38,39). The highest BCUT2D eigenvalue weighted by molar-refractivity contribution is 7.16. The van der Waals surface area contributed by atoms with Crippen LogP contribution in [0.5, 0.6) is 0 Å². The van der Waals surface area contributed by atoms with Crippen molar-refractivity contribution in [2.75, 3.05) is 29.9 Å². The van der Waals surface area contributed by atoms with Gasteiger partial charge in [0, 0.05) is 55.4 Å². The van der Waals surface area contributed by atoms with E-state index < -0.39 is 5.97 Å². The highest BCUT2D eigenvalue weighted by Gasteiger charge is 2.34. The van der Waals surface area contributed by atoms with Crippen molar-refractivity contribution < 1.29 is 14.3 Å². The summed E-state index contributed by atoms with van der Waals surface area (Å²) in [5.41, 5.74) is 4.50. The Labute approximate surface area is 232 Å². The summed E-state index contributed by atoms with van der Waals surface area (Å²) >= 11 is 1.26. The van der Waals surface area contributed by atoms with Gasteiger partial charge >= 0.3 is 5.97 Å². The van der Waals surface area contributed by atoms with E-state index in [4.69, 9.17) is 15.1 Å². The first kappa shape index (κ1) is 25.4. The number of carbonyl (C=O) groups is 1. The summed E-state index contributed by atoms with van der Waals surface area (Å²) in [6.07, 6.45) is 6.11. The third-order valence-corrected chi connectivity index (χ3v) is 7.96. The molecule has 200 valence electrons. The summed E-state index contributed by atoms with van der Waals surface area (Å²) in [6.45, 7) is 2.83. The van der Waals surface area contributed by atoms with Crippen LogP contribution in [-0.4, -0.2) is 55.5 Å². The zero-order chi connectivity index (χ0) is 28.0. The first-order chi connectivity index (χ1) is 19.4. The van der Waals surface area contributed by atoms with Gasteiger partial charge in [0.2, 0.25) is 5.95 Å². The number of thiazole rings is 1. The largest absolute Gasteiger partial charge is 0.481 e. The molecule has 0 atom stereocenters. The zero-order valence-corrected chi connectivity index (χ0v) is 22.4. The average molecular weight is 555 g/mol. The maximum Gasteiger partial charge on any atom is 0.310 e. The second-order valence-electron chi connectivity index (χ2n) is 9.45. The summed E-state index contributed by atoms with van der Waals surface area (Å²) in [4.78, 5) is 33.8. The monoisotopic (exact) mass is 554 g/mol. The Morgan fingerprint density at radius 3 is 2.48 bits per heavy atom. The van der Waals surface area contributed by atoms with E-state index in [1.807, 2.05) is 46.5 Å². The minimum absolute atomic E-state index is 0.351. The maximum atomic E-state index is 13.5. The van der Waals surface area contributed by atoms with Gasteiger partial charge in [-0.3, -0.25) is 9.20 Å². The van der Waals surface area contributed by atoms with E-state index >= 15 is 0 Å². The molecule has 1 aromatic carbocycles. The van der Waals surface area contributed by atoms with Gasteiger partial charge in [-0.1, -0.05) is 18.3 Å². The second kappa shape index (κ2) is 10.0. The van der Waals surface area contributed by atoms with Gasteiger partial charge in [0.15, 0.2) is 5.13 Å². The highest BCUT2D eigenvalue weighted by atomic mass is 32.1. The lowest BCUT2D eigenvalue weighted by Crippen LogP contribution is -2.51. The van der Waals surface area contributed by atoms with Gasteiger partial charge in [0.1, 0.15) is 33.9 Å². The van der Waals surface area contributed by atoms with Gasteiger partial charge in [-0.05, 0) is 42.8 Å². The molecule has 4 aromatic heterocycles. The number of aryl methyl sites for hydroxylation is 1. The van der Waals surface area contributed by atoms with Crippen molar-refractivity contribution in [1.82, 2.24) is 24.3 Å². The van der Waals surface area contributed by atoms with Crippen LogP contribution in [0.15, 0.2) is 55.0 Å². The van der Waals surface area contributed by atoms with Gasteiger partial charge in [-0.2, -0.15) is 5.26 Å². The predicted molar refractivity (Wildman–Crippen MR) is 149 cm³/mol. The molecular formula is C28H23FN8O2S. The van der Waals surface area contributed by atoms with Crippen LogP contribution in [0, 0.1) is 23.1 Å². The molecule has 0 radical (unpaired) electrons. The van der Waals surface area contributed by atoms with Gasteiger partial charge in [0.25, 0.3) is 0 Å². The average Bonchev–Trinajstić information content (AvgIpc) is 3.54. The van der Waals surface area contributed by atoms with Crippen molar-refractivity contribution in [3.63, 3.8) is 0 Å². The van der Waals surface area contributed by atoms with Crippen LogP contribution in [0.4, 0.5) is 21.3 Å². The van der Waals surface area contributed by atoms with Crippen molar-refractivity contribution >= 4 is 39.9 Å². The molecule has 40 heavy (non-hydrogen) atoms. The molecule has 12 heteroatoms. The number of fused-ring (bicyclic) bond motifs is 1. The molecular weight excluding hydrogens is 531 g/mol. The normalized spacial score (nSPS) is 13.3. The molecule has 0 unspecified atom stereocenters. The van der Waals surface area contributed by atoms with Gasteiger partial charge in [-0.15, -0.1) is 0 Å². The molecule has 5 aromatic rings. The molecule has 0 saturated carbocycles. The number of hydrogen-bond donors (Lipinski definition) is 1. The van der Waals surface area contributed by atoms with E-state index in [1.54, 1.807) is 24.5 Å².